The van der Waals surface area contributed by atoms with Gasteiger partial charge < -0.3 is 5.11 Å². The van der Waals surface area contributed by atoms with Crippen molar-refractivity contribution < 1.29 is 9.90 Å². The Hall–Kier alpha value is -1.76. The number of fused-ring (bicyclic) bond motifs is 1. The Bertz CT molecular complexity index is 665. The molecule has 112 valence electrons. The van der Waals surface area contributed by atoms with Crippen LogP contribution in [0, 0.1) is 0 Å². The first-order chi connectivity index (χ1) is 10.1. The van der Waals surface area contributed by atoms with Crippen molar-refractivity contribution in [1.82, 2.24) is 20.2 Å². The average molecular weight is 306 g/mol. The smallest absolute Gasteiger partial charge is 0.331 e. The fourth-order valence-electron chi connectivity index (χ4n) is 2.91. The highest BCUT2D eigenvalue weighted by atomic mass is 32.1. The van der Waals surface area contributed by atoms with Crippen molar-refractivity contribution in [3.8, 4) is 0 Å². The molecular weight excluding hydrogens is 288 g/mol. The fraction of sp³-hybridized carbons (Fsp3) is 0.571. The number of hydrogen-bond acceptors (Lipinski definition) is 5. The Kier molecular flexibility index (Phi) is 3.52. The van der Waals surface area contributed by atoms with Crippen LogP contribution >= 0.6 is 11.3 Å². The molecule has 0 aromatic carbocycles. The van der Waals surface area contributed by atoms with E-state index in [1.807, 2.05) is 6.92 Å². The first-order valence-electron chi connectivity index (χ1n) is 7.16. The number of hydrogen-bond donors (Lipinski definition) is 1. The van der Waals surface area contributed by atoms with Crippen LogP contribution in [-0.4, -0.2) is 31.3 Å². The van der Waals surface area contributed by atoms with Gasteiger partial charge in [0.2, 0.25) is 0 Å². The highest BCUT2D eigenvalue weighted by Gasteiger charge is 2.39. The van der Waals surface area contributed by atoms with Crippen LogP contribution in [0.25, 0.3) is 0 Å². The molecular formula is C14H18N4O2S. The number of carboxylic acid groups (broad SMARTS) is 1. The summed E-state index contributed by atoms with van der Waals surface area (Å²) >= 11 is 1.76. The summed E-state index contributed by atoms with van der Waals surface area (Å²) < 4.78 is 1.51. The molecule has 0 fully saturated rings. The fourth-order valence-corrected chi connectivity index (χ4v) is 3.90. The van der Waals surface area contributed by atoms with Crippen molar-refractivity contribution in [2.24, 2.45) is 0 Å². The largest absolute Gasteiger partial charge is 0.479 e. The summed E-state index contributed by atoms with van der Waals surface area (Å²) in [5.74, 6) is -0.138. The number of aromatic nitrogens is 4. The Balaban J connectivity index is 2.07. The molecule has 3 rings (SSSR count). The van der Waals surface area contributed by atoms with E-state index in [0.29, 0.717) is 12.2 Å². The van der Waals surface area contributed by atoms with Crippen LogP contribution < -0.4 is 0 Å². The van der Waals surface area contributed by atoms with E-state index in [-0.39, 0.29) is 5.92 Å². The van der Waals surface area contributed by atoms with E-state index in [1.165, 1.54) is 15.1 Å². The first kappa shape index (κ1) is 14.2. The quantitative estimate of drug-likeness (QED) is 0.938. The number of nitrogens with zero attached hydrogens (tertiary/aromatic N) is 4. The lowest BCUT2D eigenvalue weighted by Crippen LogP contribution is -2.41. The molecule has 6 nitrogen and oxygen atoms in total. The lowest BCUT2D eigenvalue weighted by molar-refractivity contribution is -0.147. The summed E-state index contributed by atoms with van der Waals surface area (Å²) in [4.78, 5) is 13.0. The van der Waals surface area contributed by atoms with E-state index in [0.717, 1.165) is 19.3 Å². The number of carbonyl (C=O) groups is 1. The van der Waals surface area contributed by atoms with E-state index in [2.05, 4.69) is 27.0 Å². The van der Waals surface area contributed by atoms with Crippen LogP contribution in [0.4, 0.5) is 0 Å². The highest BCUT2D eigenvalue weighted by Crippen LogP contribution is 2.39. The molecule has 0 saturated carbocycles. The summed E-state index contributed by atoms with van der Waals surface area (Å²) in [6, 6.07) is 2.12. The SMILES string of the molecule is CCC(C)(C(=O)O)n1nnnc1C1CCCc2sccc21. The molecule has 2 atom stereocenters. The van der Waals surface area contributed by atoms with Crippen LogP contribution in [0.3, 0.4) is 0 Å². The minimum absolute atomic E-state index is 0.0974. The number of aliphatic carboxylic acids is 1. The van der Waals surface area contributed by atoms with Gasteiger partial charge >= 0.3 is 5.97 Å². The average Bonchev–Trinajstić information content (AvgIpc) is 3.14. The molecule has 2 unspecified atom stereocenters. The standard InChI is InChI=1S/C14H18N4O2S/c1-3-14(2,13(19)20)18-12(15-16-17-18)10-5-4-6-11-9(10)7-8-21-11/h7-8,10H,3-6H2,1-2H3,(H,19,20). The Morgan fingerprint density at radius 1 is 1.62 bits per heavy atom. The monoisotopic (exact) mass is 306 g/mol. The van der Waals surface area contributed by atoms with Crippen LogP contribution in [0.1, 0.15) is 55.3 Å². The Morgan fingerprint density at radius 2 is 2.43 bits per heavy atom. The van der Waals surface area contributed by atoms with Gasteiger partial charge in [-0.2, -0.15) is 0 Å². The molecule has 7 heteroatoms. The van der Waals surface area contributed by atoms with E-state index in [1.54, 1.807) is 18.3 Å². The zero-order valence-electron chi connectivity index (χ0n) is 12.1. The van der Waals surface area contributed by atoms with Crippen LogP contribution in [0.5, 0.6) is 0 Å². The number of aryl methyl sites for hydroxylation is 1. The van der Waals surface area contributed by atoms with Crippen molar-refractivity contribution in [2.45, 2.75) is 51.0 Å². The number of thiophene rings is 1. The predicted octanol–water partition coefficient (Wildman–Crippen LogP) is 2.41. The second kappa shape index (κ2) is 5.22. The summed E-state index contributed by atoms with van der Waals surface area (Å²) in [7, 11) is 0. The van der Waals surface area contributed by atoms with E-state index < -0.39 is 11.5 Å². The summed E-state index contributed by atoms with van der Waals surface area (Å²) in [6.07, 6.45) is 3.57. The van der Waals surface area contributed by atoms with Crippen molar-refractivity contribution in [2.75, 3.05) is 0 Å². The van der Waals surface area contributed by atoms with Gasteiger partial charge in [-0.1, -0.05) is 6.92 Å². The topological polar surface area (TPSA) is 80.9 Å². The number of rotatable bonds is 4. The van der Waals surface area contributed by atoms with Crippen molar-refractivity contribution in [1.29, 1.82) is 0 Å². The molecule has 0 radical (unpaired) electrons. The first-order valence-corrected chi connectivity index (χ1v) is 8.04. The van der Waals surface area contributed by atoms with Gasteiger partial charge in [-0.15, -0.1) is 16.4 Å². The molecule has 0 spiro atoms. The van der Waals surface area contributed by atoms with Gasteiger partial charge in [0.05, 0.1) is 0 Å². The van der Waals surface area contributed by atoms with Gasteiger partial charge in [0.25, 0.3) is 0 Å². The van der Waals surface area contributed by atoms with Gasteiger partial charge in [-0.3, -0.25) is 0 Å². The van der Waals surface area contributed by atoms with Crippen LogP contribution in [0.2, 0.25) is 0 Å². The molecule has 1 aliphatic rings. The zero-order valence-corrected chi connectivity index (χ0v) is 12.9. The van der Waals surface area contributed by atoms with Gasteiger partial charge in [-0.05, 0) is 60.0 Å². The molecule has 21 heavy (non-hydrogen) atoms. The van der Waals surface area contributed by atoms with Gasteiger partial charge in [-0.25, -0.2) is 9.48 Å². The molecule has 2 aromatic heterocycles. The minimum atomic E-state index is -1.10. The highest BCUT2D eigenvalue weighted by molar-refractivity contribution is 7.10. The van der Waals surface area contributed by atoms with Gasteiger partial charge in [0.1, 0.15) is 0 Å². The van der Waals surface area contributed by atoms with E-state index >= 15 is 0 Å². The minimum Gasteiger partial charge on any atom is -0.479 e. The third-order valence-electron chi connectivity index (χ3n) is 4.47. The lowest BCUT2D eigenvalue weighted by Gasteiger charge is -2.28. The lowest BCUT2D eigenvalue weighted by atomic mass is 9.86. The molecule has 0 saturated heterocycles. The van der Waals surface area contributed by atoms with Crippen LogP contribution in [-0.2, 0) is 16.8 Å². The molecule has 2 heterocycles. The van der Waals surface area contributed by atoms with E-state index in [4.69, 9.17) is 0 Å². The van der Waals surface area contributed by atoms with Crippen molar-refractivity contribution >= 4 is 17.3 Å². The second-order valence-corrected chi connectivity index (χ2v) is 6.63. The number of carboxylic acids is 1. The molecule has 0 aliphatic heterocycles. The number of tetrazole rings is 1. The molecule has 0 bridgehead atoms. The zero-order chi connectivity index (χ0) is 15.0. The maximum Gasteiger partial charge on any atom is 0.331 e. The third kappa shape index (κ3) is 2.16. The summed E-state index contributed by atoms with van der Waals surface area (Å²) in [6.45, 7) is 3.52. The molecule has 0 amide bonds. The maximum atomic E-state index is 11.7. The molecule has 1 aliphatic carbocycles. The van der Waals surface area contributed by atoms with Gasteiger partial charge in [0.15, 0.2) is 11.4 Å². The predicted molar refractivity (Wildman–Crippen MR) is 78.5 cm³/mol. The van der Waals surface area contributed by atoms with Gasteiger partial charge in [0, 0.05) is 10.8 Å². The molecule has 2 aromatic rings. The Labute approximate surface area is 126 Å². The third-order valence-corrected chi connectivity index (χ3v) is 5.47. The van der Waals surface area contributed by atoms with Crippen LogP contribution in [0.15, 0.2) is 11.4 Å². The summed E-state index contributed by atoms with van der Waals surface area (Å²) in [5, 5.41) is 23.6. The Morgan fingerprint density at radius 3 is 3.14 bits per heavy atom. The second-order valence-electron chi connectivity index (χ2n) is 5.63. The maximum absolute atomic E-state index is 11.7. The summed E-state index contributed by atoms with van der Waals surface area (Å²) in [5.41, 5.74) is 0.151. The van der Waals surface area contributed by atoms with E-state index in [9.17, 15) is 9.90 Å². The normalized spacial score (nSPS) is 20.8. The van der Waals surface area contributed by atoms with Crippen molar-refractivity contribution in [3.63, 3.8) is 0 Å². The molecule has 1 N–H and O–H groups in total. The van der Waals surface area contributed by atoms with Crippen molar-refractivity contribution in [3.05, 3.63) is 27.7 Å².